The van der Waals surface area contributed by atoms with E-state index < -0.39 is 0 Å². The quantitative estimate of drug-likeness (QED) is 0.884. The molecular formula is C13H19N5O. The van der Waals surface area contributed by atoms with E-state index in [1.807, 2.05) is 13.8 Å². The monoisotopic (exact) mass is 261 g/mol. The van der Waals surface area contributed by atoms with E-state index in [0.29, 0.717) is 12.2 Å². The molecule has 0 bridgehead atoms. The third-order valence-electron chi connectivity index (χ3n) is 3.79. The second-order valence-corrected chi connectivity index (χ2v) is 5.06. The molecule has 6 heteroatoms. The first kappa shape index (κ1) is 12.2. The molecule has 1 aliphatic heterocycles. The SMILES string of the molecule is CCc1c(C)nc2nc(N3CCCCC3)[nH]n2c1=O. The summed E-state index contributed by atoms with van der Waals surface area (Å²) in [5, 5.41) is 3.09. The molecule has 1 saturated heterocycles. The summed E-state index contributed by atoms with van der Waals surface area (Å²) in [5.74, 6) is 1.23. The van der Waals surface area contributed by atoms with Crippen molar-refractivity contribution in [2.45, 2.75) is 39.5 Å². The van der Waals surface area contributed by atoms with E-state index in [0.717, 1.165) is 30.3 Å². The summed E-state index contributed by atoms with van der Waals surface area (Å²) in [4.78, 5) is 23.4. The zero-order valence-electron chi connectivity index (χ0n) is 11.4. The molecule has 6 nitrogen and oxygen atoms in total. The first-order chi connectivity index (χ1) is 9.20. The molecule has 0 atom stereocenters. The maximum absolute atomic E-state index is 12.3. The normalized spacial score (nSPS) is 16.2. The van der Waals surface area contributed by atoms with Gasteiger partial charge < -0.3 is 4.90 Å². The van der Waals surface area contributed by atoms with Gasteiger partial charge in [0.05, 0.1) is 5.69 Å². The van der Waals surface area contributed by atoms with E-state index in [1.165, 1.54) is 23.8 Å². The Bertz CT molecular complexity index is 651. The third kappa shape index (κ3) is 2.01. The van der Waals surface area contributed by atoms with Gasteiger partial charge in [0, 0.05) is 18.7 Å². The summed E-state index contributed by atoms with van der Waals surface area (Å²) in [7, 11) is 0. The number of hydrogen-bond acceptors (Lipinski definition) is 4. The van der Waals surface area contributed by atoms with Crippen LogP contribution in [-0.4, -0.2) is 32.7 Å². The van der Waals surface area contributed by atoms with Crippen molar-refractivity contribution in [3.8, 4) is 0 Å². The largest absolute Gasteiger partial charge is 0.341 e. The lowest BCUT2D eigenvalue weighted by Gasteiger charge is -2.25. The highest BCUT2D eigenvalue weighted by molar-refractivity contribution is 5.41. The number of fused-ring (bicyclic) bond motifs is 1. The second-order valence-electron chi connectivity index (χ2n) is 5.06. The Kier molecular flexibility index (Phi) is 3.00. The molecule has 0 unspecified atom stereocenters. The van der Waals surface area contributed by atoms with Gasteiger partial charge in [-0.15, -0.1) is 0 Å². The fourth-order valence-corrected chi connectivity index (χ4v) is 2.70. The predicted molar refractivity (Wildman–Crippen MR) is 73.8 cm³/mol. The van der Waals surface area contributed by atoms with Gasteiger partial charge in [0.2, 0.25) is 5.95 Å². The number of nitrogens with zero attached hydrogens (tertiary/aromatic N) is 4. The lowest BCUT2D eigenvalue weighted by molar-refractivity contribution is 0.568. The summed E-state index contributed by atoms with van der Waals surface area (Å²) < 4.78 is 1.47. The lowest BCUT2D eigenvalue weighted by Crippen LogP contribution is -2.30. The van der Waals surface area contributed by atoms with Crippen molar-refractivity contribution >= 4 is 11.7 Å². The first-order valence-corrected chi connectivity index (χ1v) is 6.94. The number of aromatic amines is 1. The predicted octanol–water partition coefficient (Wildman–Crippen LogP) is 1.28. The minimum atomic E-state index is -0.0271. The molecular weight excluding hydrogens is 242 g/mol. The number of aryl methyl sites for hydroxylation is 1. The van der Waals surface area contributed by atoms with Crippen LogP contribution in [-0.2, 0) is 6.42 Å². The zero-order valence-corrected chi connectivity index (χ0v) is 11.4. The van der Waals surface area contributed by atoms with Gasteiger partial charge in [-0.25, -0.2) is 4.98 Å². The van der Waals surface area contributed by atoms with Gasteiger partial charge in [-0.05, 0) is 32.6 Å². The molecule has 2 aromatic heterocycles. The fourth-order valence-electron chi connectivity index (χ4n) is 2.70. The Hall–Kier alpha value is -1.85. The average molecular weight is 261 g/mol. The highest BCUT2D eigenvalue weighted by Gasteiger charge is 2.17. The maximum atomic E-state index is 12.3. The van der Waals surface area contributed by atoms with E-state index >= 15 is 0 Å². The summed E-state index contributed by atoms with van der Waals surface area (Å²) in [6.07, 6.45) is 4.32. The molecule has 3 heterocycles. The van der Waals surface area contributed by atoms with Gasteiger partial charge in [0.15, 0.2) is 0 Å². The van der Waals surface area contributed by atoms with Crippen molar-refractivity contribution in [3.05, 3.63) is 21.6 Å². The van der Waals surface area contributed by atoms with Crippen LogP contribution in [0.15, 0.2) is 4.79 Å². The molecule has 19 heavy (non-hydrogen) atoms. The highest BCUT2D eigenvalue weighted by atomic mass is 16.1. The first-order valence-electron chi connectivity index (χ1n) is 6.94. The third-order valence-corrected chi connectivity index (χ3v) is 3.79. The van der Waals surface area contributed by atoms with Crippen LogP contribution >= 0.6 is 0 Å². The topological polar surface area (TPSA) is 66.3 Å². The molecule has 0 amide bonds. The number of piperidine rings is 1. The summed E-state index contributed by atoms with van der Waals surface area (Å²) in [5.41, 5.74) is 1.51. The van der Waals surface area contributed by atoms with E-state index in [2.05, 4.69) is 20.0 Å². The van der Waals surface area contributed by atoms with E-state index in [4.69, 9.17) is 0 Å². The lowest BCUT2D eigenvalue weighted by atomic mass is 10.1. The van der Waals surface area contributed by atoms with Crippen LogP contribution in [0.4, 0.5) is 5.95 Å². The van der Waals surface area contributed by atoms with Gasteiger partial charge in [-0.1, -0.05) is 6.92 Å². The molecule has 1 aliphatic rings. The maximum Gasteiger partial charge on any atom is 0.277 e. The number of rotatable bonds is 2. The Morgan fingerprint density at radius 3 is 2.63 bits per heavy atom. The van der Waals surface area contributed by atoms with Crippen molar-refractivity contribution < 1.29 is 0 Å². The van der Waals surface area contributed by atoms with Gasteiger partial charge in [0.1, 0.15) is 0 Å². The Morgan fingerprint density at radius 1 is 1.21 bits per heavy atom. The Morgan fingerprint density at radius 2 is 1.95 bits per heavy atom. The molecule has 0 saturated carbocycles. The molecule has 3 rings (SSSR count). The van der Waals surface area contributed by atoms with Crippen molar-refractivity contribution in [1.29, 1.82) is 0 Å². The molecule has 1 N–H and O–H groups in total. The van der Waals surface area contributed by atoms with Crippen LogP contribution < -0.4 is 10.5 Å². The van der Waals surface area contributed by atoms with Crippen molar-refractivity contribution in [2.24, 2.45) is 0 Å². The van der Waals surface area contributed by atoms with Crippen LogP contribution in [0.1, 0.15) is 37.4 Å². The molecule has 1 fully saturated rings. The molecule has 102 valence electrons. The van der Waals surface area contributed by atoms with Crippen LogP contribution in [0, 0.1) is 6.92 Å². The van der Waals surface area contributed by atoms with Crippen LogP contribution in [0.25, 0.3) is 5.78 Å². The number of anilines is 1. The second kappa shape index (κ2) is 4.68. The van der Waals surface area contributed by atoms with Crippen molar-refractivity contribution in [1.82, 2.24) is 19.6 Å². The molecule has 0 aliphatic carbocycles. The summed E-state index contributed by atoms with van der Waals surface area (Å²) in [6.45, 7) is 5.83. The molecule has 0 aromatic carbocycles. The molecule has 0 spiro atoms. The fraction of sp³-hybridized carbons (Fsp3) is 0.615. The zero-order chi connectivity index (χ0) is 13.4. The number of nitrogens with one attached hydrogen (secondary N) is 1. The smallest absolute Gasteiger partial charge is 0.277 e. The van der Waals surface area contributed by atoms with Gasteiger partial charge in [0.25, 0.3) is 11.3 Å². The molecule has 0 radical (unpaired) electrons. The Balaban J connectivity index is 2.10. The van der Waals surface area contributed by atoms with Gasteiger partial charge >= 0.3 is 0 Å². The average Bonchev–Trinajstić information content (AvgIpc) is 2.84. The Labute approximate surface area is 111 Å². The highest BCUT2D eigenvalue weighted by Crippen LogP contribution is 2.16. The number of hydrogen-bond donors (Lipinski definition) is 1. The summed E-state index contributed by atoms with van der Waals surface area (Å²) >= 11 is 0. The molecule has 2 aromatic rings. The number of aromatic nitrogens is 4. The number of H-pyrrole nitrogens is 1. The van der Waals surface area contributed by atoms with Gasteiger partial charge in [-0.2, -0.15) is 9.50 Å². The van der Waals surface area contributed by atoms with Crippen molar-refractivity contribution in [2.75, 3.05) is 18.0 Å². The van der Waals surface area contributed by atoms with Gasteiger partial charge in [-0.3, -0.25) is 9.89 Å². The van der Waals surface area contributed by atoms with Crippen LogP contribution in [0.5, 0.6) is 0 Å². The summed E-state index contributed by atoms with van der Waals surface area (Å²) in [6, 6.07) is 0. The standard InChI is InChI=1S/C13H19N5O/c1-3-10-9(2)14-12-15-13(16-18(12)11(10)19)17-7-5-4-6-8-17/h3-8H2,1-2H3,(H,14,15,16). The minimum Gasteiger partial charge on any atom is -0.341 e. The minimum absolute atomic E-state index is 0.0271. The van der Waals surface area contributed by atoms with E-state index in [-0.39, 0.29) is 5.56 Å². The van der Waals surface area contributed by atoms with Crippen LogP contribution in [0.2, 0.25) is 0 Å². The van der Waals surface area contributed by atoms with Crippen molar-refractivity contribution in [3.63, 3.8) is 0 Å². The van der Waals surface area contributed by atoms with E-state index in [1.54, 1.807) is 0 Å². The van der Waals surface area contributed by atoms with E-state index in [9.17, 15) is 4.79 Å². The van der Waals surface area contributed by atoms with Crippen LogP contribution in [0.3, 0.4) is 0 Å².